The van der Waals surface area contributed by atoms with Gasteiger partial charge in [-0.1, -0.05) is 0 Å². The van der Waals surface area contributed by atoms with Crippen molar-refractivity contribution in [3.8, 4) is 0 Å². The van der Waals surface area contributed by atoms with Crippen molar-refractivity contribution in [3.05, 3.63) is 33.2 Å². The number of carbonyl (C=O) groups excluding carboxylic acids is 2. The SMILES string of the molecule is COC(=O)CCCNC(=O)Cn1cc(Br)ccc1=O. The molecule has 0 aliphatic heterocycles. The summed E-state index contributed by atoms with van der Waals surface area (Å²) < 4.78 is 6.51. The molecule has 0 fully saturated rings. The summed E-state index contributed by atoms with van der Waals surface area (Å²) in [6, 6.07) is 3.00. The molecule has 1 rings (SSSR count). The molecule has 1 aromatic heterocycles. The molecular weight excluding hydrogens is 316 g/mol. The third-order valence-electron chi connectivity index (χ3n) is 2.37. The number of rotatable bonds is 6. The molecule has 0 unspecified atom stereocenters. The highest BCUT2D eigenvalue weighted by Crippen LogP contribution is 2.04. The van der Waals surface area contributed by atoms with Crippen molar-refractivity contribution in [2.24, 2.45) is 0 Å². The zero-order chi connectivity index (χ0) is 14.3. The Balaban J connectivity index is 2.37. The normalized spacial score (nSPS) is 10.0. The minimum Gasteiger partial charge on any atom is -0.469 e. The van der Waals surface area contributed by atoms with Gasteiger partial charge in [-0.2, -0.15) is 0 Å². The minimum atomic E-state index is -0.308. The van der Waals surface area contributed by atoms with Gasteiger partial charge in [0.05, 0.1) is 7.11 Å². The second-order valence-corrected chi connectivity index (χ2v) is 4.76. The average Bonchev–Trinajstić information content (AvgIpc) is 2.38. The molecule has 0 bridgehead atoms. The summed E-state index contributed by atoms with van der Waals surface area (Å²) in [5.74, 6) is -0.581. The fraction of sp³-hybridized carbons (Fsp3) is 0.417. The topological polar surface area (TPSA) is 77.4 Å². The molecule has 0 radical (unpaired) electrons. The Labute approximate surface area is 118 Å². The molecule has 1 aromatic rings. The number of nitrogens with one attached hydrogen (secondary N) is 1. The number of amides is 1. The van der Waals surface area contributed by atoms with E-state index in [9.17, 15) is 14.4 Å². The second-order valence-electron chi connectivity index (χ2n) is 3.84. The monoisotopic (exact) mass is 330 g/mol. The van der Waals surface area contributed by atoms with E-state index in [1.807, 2.05) is 0 Å². The maximum atomic E-state index is 11.6. The zero-order valence-electron chi connectivity index (χ0n) is 10.5. The highest BCUT2D eigenvalue weighted by molar-refractivity contribution is 9.10. The summed E-state index contributed by atoms with van der Waals surface area (Å²) in [6.07, 6.45) is 2.32. The summed E-state index contributed by atoms with van der Waals surface area (Å²) in [6.45, 7) is 0.327. The van der Waals surface area contributed by atoms with Crippen molar-refractivity contribution >= 4 is 27.8 Å². The van der Waals surface area contributed by atoms with Gasteiger partial charge >= 0.3 is 5.97 Å². The van der Waals surface area contributed by atoms with E-state index in [2.05, 4.69) is 26.0 Å². The van der Waals surface area contributed by atoms with E-state index in [-0.39, 0.29) is 30.4 Å². The predicted molar refractivity (Wildman–Crippen MR) is 72.7 cm³/mol. The summed E-state index contributed by atoms with van der Waals surface area (Å²) in [5.41, 5.74) is -0.243. The van der Waals surface area contributed by atoms with Crippen LogP contribution in [-0.4, -0.2) is 30.1 Å². The standard InChI is InChI=1S/C12H15BrN2O4/c1-19-12(18)3-2-6-14-10(16)8-15-7-9(13)4-5-11(15)17/h4-5,7H,2-3,6,8H2,1H3,(H,14,16). The number of halogens is 1. The first kappa shape index (κ1) is 15.4. The van der Waals surface area contributed by atoms with Crippen LogP contribution in [0.5, 0.6) is 0 Å². The quantitative estimate of drug-likeness (QED) is 0.614. The van der Waals surface area contributed by atoms with Gasteiger partial charge in [-0.25, -0.2) is 0 Å². The van der Waals surface area contributed by atoms with Crippen molar-refractivity contribution in [1.82, 2.24) is 9.88 Å². The van der Waals surface area contributed by atoms with Gasteiger partial charge in [0.15, 0.2) is 0 Å². The first-order valence-electron chi connectivity index (χ1n) is 5.72. The highest BCUT2D eigenvalue weighted by Gasteiger charge is 2.05. The Morgan fingerprint density at radius 3 is 2.84 bits per heavy atom. The molecule has 19 heavy (non-hydrogen) atoms. The van der Waals surface area contributed by atoms with Gasteiger partial charge < -0.3 is 14.6 Å². The van der Waals surface area contributed by atoms with E-state index in [4.69, 9.17) is 0 Å². The first-order chi connectivity index (χ1) is 9.02. The molecule has 0 aromatic carbocycles. The molecule has 0 saturated heterocycles. The fourth-order valence-corrected chi connectivity index (χ4v) is 1.78. The molecule has 0 saturated carbocycles. The number of aromatic nitrogens is 1. The Morgan fingerprint density at radius 1 is 1.42 bits per heavy atom. The predicted octanol–water partition coefficient (Wildman–Crippen LogP) is 0.680. The van der Waals surface area contributed by atoms with Crippen LogP contribution >= 0.6 is 15.9 Å². The lowest BCUT2D eigenvalue weighted by molar-refractivity contribution is -0.140. The van der Waals surface area contributed by atoms with E-state index in [1.54, 1.807) is 12.3 Å². The molecule has 6 nitrogen and oxygen atoms in total. The second kappa shape index (κ2) is 7.73. The van der Waals surface area contributed by atoms with Crippen LogP contribution in [0.3, 0.4) is 0 Å². The lowest BCUT2D eigenvalue weighted by Crippen LogP contribution is -2.32. The van der Waals surface area contributed by atoms with Gasteiger partial charge in [0.25, 0.3) is 5.56 Å². The van der Waals surface area contributed by atoms with Crippen molar-refractivity contribution in [3.63, 3.8) is 0 Å². The van der Waals surface area contributed by atoms with Crippen LogP contribution in [0.2, 0.25) is 0 Å². The molecule has 7 heteroatoms. The number of pyridine rings is 1. The van der Waals surface area contributed by atoms with Crippen molar-refractivity contribution in [2.75, 3.05) is 13.7 Å². The molecule has 1 N–H and O–H groups in total. The van der Waals surface area contributed by atoms with Crippen LogP contribution in [0.1, 0.15) is 12.8 Å². The van der Waals surface area contributed by atoms with Gasteiger partial charge in [0, 0.05) is 29.7 Å². The number of ether oxygens (including phenoxy) is 1. The van der Waals surface area contributed by atoms with Gasteiger partial charge in [-0.3, -0.25) is 14.4 Å². The van der Waals surface area contributed by atoms with E-state index in [0.29, 0.717) is 13.0 Å². The number of hydrogen-bond donors (Lipinski definition) is 1. The van der Waals surface area contributed by atoms with Crippen LogP contribution in [0.15, 0.2) is 27.6 Å². The largest absolute Gasteiger partial charge is 0.469 e. The first-order valence-corrected chi connectivity index (χ1v) is 6.51. The van der Waals surface area contributed by atoms with Crippen LogP contribution in [0.25, 0.3) is 0 Å². The minimum absolute atomic E-state index is 0.0451. The molecule has 104 valence electrons. The molecule has 0 aliphatic rings. The Hall–Kier alpha value is -1.63. The maximum Gasteiger partial charge on any atom is 0.305 e. The fourth-order valence-electron chi connectivity index (χ4n) is 1.40. The van der Waals surface area contributed by atoms with E-state index in [0.717, 1.165) is 4.47 Å². The maximum absolute atomic E-state index is 11.6. The third-order valence-corrected chi connectivity index (χ3v) is 2.84. The Kier molecular flexibility index (Phi) is 6.27. The summed E-state index contributed by atoms with van der Waals surface area (Å²) >= 11 is 3.23. The summed E-state index contributed by atoms with van der Waals surface area (Å²) in [5, 5.41) is 2.64. The van der Waals surface area contributed by atoms with Gasteiger partial charge in [-0.15, -0.1) is 0 Å². The van der Waals surface area contributed by atoms with Crippen molar-refractivity contribution in [1.29, 1.82) is 0 Å². The number of esters is 1. The lowest BCUT2D eigenvalue weighted by atomic mass is 10.3. The van der Waals surface area contributed by atoms with Gasteiger partial charge in [0.2, 0.25) is 5.91 Å². The van der Waals surface area contributed by atoms with Gasteiger partial charge in [-0.05, 0) is 28.4 Å². The lowest BCUT2D eigenvalue weighted by Gasteiger charge is -2.07. The van der Waals surface area contributed by atoms with Crippen LogP contribution in [-0.2, 0) is 20.9 Å². The molecular formula is C12H15BrN2O4. The number of nitrogens with zero attached hydrogens (tertiary/aromatic N) is 1. The van der Waals surface area contributed by atoms with Gasteiger partial charge in [0.1, 0.15) is 6.54 Å². The molecule has 1 amide bonds. The molecule has 0 spiro atoms. The Morgan fingerprint density at radius 2 is 2.16 bits per heavy atom. The number of carbonyl (C=O) groups is 2. The number of hydrogen-bond acceptors (Lipinski definition) is 4. The molecule has 1 heterocycles. The van der Waals surface area contributed by atoms with E-state index < -0.39 is 0 Å². The van der Waals surface area contributed by atoms with Crippen molar-refractivity contribution < 1.29 is 14.3 Å². The summed E-state index contributed by atoms with van der Waals surface area (Å²) in [7, 11) is 1.32. The average molecular weight is 331 g/mol. The molecule has 0 aliphatic carbocycles. The smallest absolute Gasteiger partial charge is 0.305 e. The highest BCUT2D eigenvalue weighted by atomic mass is 79.9. The molecule has 0 atom stereocenters. The van der Waals surface area contributed by atoms with E-state index in [1.165, 1.54) is 17.7 Å². The van der Waals surface area contributed by atoms with Crippen LogP contribution in [0, 0.1) is 0 Å². The summed E-state index contributed by atoms with van der Waals surface area (Å²) in [4.78, 5) is 33.9. The number of methoxy groups -OCH3 is 1. The van der Waals surface area contributed by atoms with Crippen LogP contribution < -0.4 is 10.9 Å². The van der Waals surface area contributed by atoms with Crippen molar-refractivity contribution in [2.45, 2.75) is 19.4 Å². The van der Waals surface area contributed by atoms with Crippen LogP contribution in [0.4, 0.5) is 0 Å². The zero-order valence-corrected chi connectivity index (χ0v) is 12.1. The Bertz CT molecular complexity index is 513. The third kappa shape index (κ3) is 5.69. The van der Waals surface area contributed by atoms with E-state index >= 15 is 0 Å².